The molecule has 0 unspecified atom stereocenters. The summed E-state index contributed by atoms with van der Waals surface area (Å²) in [7, 11) is -3.51. The van der Waals surface area contributed by atoms with Crippen LogP contribution in [0.5, 0.6) is 0 Å². The molecular weight excluding hydrogens is 419 g/mol. The minimum absolute atomic E-state index is 0.0663. The first-order chi connectivity index (χ1) is 13.2. The Morgan fingerprint density at radius 3 is 2.50 bits per heavy atom. The summed E-state index contributed by atoms with van der Waals surface area (Å²) in [6.07, 6.45) is 0.983. The zero-order valence-corrected chi connectivity index (χ0v) is 17.8. The minimum Gasteiger partial charge on any atom is -0.326 e. The lowest BCUT2D eigenvalue weighted by Crippen LogP contribution is -2.41. The predicted molar refractivity (Wildman–Crippen MR) is 113 cm³/mol. The highest BCUT2D eigenvalue weighted by Crippen LogP contribution is 2.27. The number of anilines is 1. The van der Waals surface area contributed by atoms with Crippen LogP contribution in [0, 0.1) is 12.8 Å². The van der Waals surface area contributed by atoms with E-state index in [9.17, 15) is 13.2 Å². The van der Waals surface area contributed by atoms with Gasteiger partial charge in [-0.1, -0.05) is 41.4 Å². The van der Waals surface area contributed by atoms with E-state index in [-0.39, 0.29) is 17.6 Å². The van der Waals surface area contributed by atoms with E-state index >= 15 is 0 Å². The van der Waals surface area contributed by atoms with Crippen molar-refractivity contribution in [3.8, 4) is 0 Å². The molecule has 0 bridgehead atoms. The molecule has 8 heteroatoms. The summed E-state index contributed by atoms with van der Waals surface area (Å²) in [5.41, 5.74) is 2.35. The van der Waals surface area contributed by atoms with Crippen LogP contribution in [0.1, 0.15) is 24.0 Å². The Morgan fingerprint density at radius 1 is 1.14 bits per heavy atom. The lowest BCUT2D eigenvalue weighted by molar-refractivity contribution is -0.120. The first-order valence-electron chi connectivity index (χ1n) is 9.04. The molecule has 150 valence electrons. The zero-order valence-electron chi connectivity index (χ0n) is 15.5. The van der Waals surface area contributed by atoms with Gasteiger partial charge in [0.25, 0.3) is 0 Å². The number of piperidine rings is 1. The Balaban J connectivity index is 1.58. The molecule has 1 amide bonds. The molecule has 1 aliphatic rings. The van der Waals surface area contributed by atoms with Gasteiger partial charge in [0.1, 0.15) is 0 Å². The van der Waals surface area contributed by atoms with Crippen LogP contribution in [-0.2, 0) is 20.6 Å². The number of carbonyl (C=O) groups is 1. The quantitative estimate of drug-likeness (QED) is 0.744. The molecule has 0 aromatic heterocycles. The second-order valence-corrected chi connectivity index (χ2v) is 9.84. The lowest BCUT2D eigenvalue weighted by atomic mass is 9.97. The maximum absolute atomic E-state index is 12.7. The third kappa shape index (κ3) is 5.26. The Labute approximate surface area is 175 Å². The van der Waals surface area contributed by atoms with E-state index < -0.39 is 10.0 Å². The van der Waals surface area contributed by atoms with Gasteiger partial charge >= 0.3 is 0 Å². The number of aryl methyl sites for hydroxylation is 1. The standard InChI is InChI=1S/C20H22Cl2N2O3S/c1-14-3-2-4-18(11-14)23-20(25)15-7-9-24(10-8-15)28(26,27)13-16-5-6-17(21)12-19(16)22/h2-6,11-12,15H,7-10,13H2,1H3,(H,23,25). The molecule has 0 radical (unpaired) electrons. The van der Waals surface area contributed by atoms with Crippen molar-refractivity contribution >= 4 is 44.8 Å². The highest BCUT2D eigenvalue weighted by molar-refractivity contribution is 7.88. The SMILES string of the molecule is Cc1cccc(NC(=O)C2CCN(S(=O)(=O)Cc3ccc(Cl)cc3Cl)CC2)c1. The van der Waals surface area contributed by atoms with Crippen molar-refractivity contribution < 1.29 is 13.2 Å². The fourth-order valence-corrected chi connectivity index (χ4v) is 5.44. The Morgan fingerprint density at radius 2 is 1.86 bits per heavy atom. The van der Waals surface area contributed by atoms with Crippen LogP contribution >= 0.6 is 23.2 Å². The molecule has 0 aliphatic carbocycles. The van der Waals surface area contributed by atoms with Crippen molar-refractivity contribution in [1.29, 1.82) is 0 Å². The highest BCUT2D eigenvalue weighted by Gasteiger charge is 2.31. The Hall–Kier alpha value is -1.60. The molecule has 1 heterocycles. The monoisotopic (exact) mass is 440 g/mol. The molecule has 5 nitrogen and oxygen atoms in total. The third-order valence-corrected chi connectivity index (χ3v) is 7.27. The largest absolute Gasteiger partial charge is 0.326 e. The van der Waals surface area contributed by atoms with Gasteiger partial charge in [0.15, 0.2) is 0 Å². The van der Waals surface area contributed by atoms with E-state index in [1.807, 2.05) is 31.2 Å². The molecule has 1 aliphatic heterocycles. The van der Waals surface area contributed by atoms with E-state index in [1.165, 1.54) is 10.4 Å². The van der Waals surface area contributed by atoms with Gasteiger partial charge in [-0.3, -0.25) is 4.79 Å². The molecule has 3 rings (SSSR count). The summed E-state index contributed by atoms with van der Waals surface area (Å²) < 4.78 is 26.9. The number of hydrogen-bond acceptors (Lipinski definition) is 3. The summed E-state index contributed by atoms with van der Waals surface area (Å²) in [5, 5.41) is 3.72. The van der Waals surface area contributed by atoms with Crippen LogP contribution in [0.15, 0.2) is 42.5 Å². The average molecular weight is 441 g/mol. The average Bonchev–Trinajstić information content (AvgIpc) is 2.64. The van der Waals surface area contributed by atoms with Crippen molar-refractivity contribution in [3.05, 3.63) is 63.6 Å². The number of hydrogen-bond donors (Lipinski definition) is 1. The highest BCUT2D eigenvalue weighted by atomic mass is 35.5. The Bertz CT molecular complexity index is 971. The van der Waals surface area contributed by atoms with Crippen LogP contribution in [0.4, 0.5) is 5.69 Å². The number of amides is 1. The second kappa shape index (κ2) is 8.82. The number of benzene rings is 2. The minimum atomic E-state index is -3.51. The lowest BCUT2D eigenvalue weighted by Gasteiger charge is -2.30. The van der Waals surface area contributed by atoms with Gasteiger partial charge in [0.05, 0.1) is 5.75 Å². The van der Waals surface area contributed by atoms with Gasteiger partial charge < -0.3 is 5.32 Å². The van der Waals surface area contributed by atoms with Gasteiger partial charge in [0.2, 0.25) is 15.9 Å². The summed E-state index contributed by atoms with van der Waals surface area (Å²) >= 11 is 12.0. The fraction of sp³-hybridized carbons (Fsp3) is 0.350. The second-order valence-electron chi connectivity index (χ2n) is 7.02. The Kier molecular flexibility index (Phi) is 6.65. The first-order valence-corrected chi connectivity index (χ1v) is 11.4. The van der Waals surface area contributed by atoms with Crippen molar-refractivity contribution in [2.45, 2.75) is 25.5 Å². The summed E-state index contributed by atoms with van der Waals surface area (Å²) in [4.78, 5) is 12.5. The number of sulfonamides is 1. The molecule has 0 atom stereocenters. The number of halogens is 2. The summed E-state index contributed by atoms with van der Waals surface area (Å²) in [6.45, 7) is 2.60. The smallest absolute Gasteiger partial charge is 0.227 e. The van der Waals surface area contributed by atoms with Crippen molar-refractivity contribution in [3.63, 3.8) is 0 Å². The molecule has 0 saturated carbocycles. The molecular formula is C20H22Cl2N2O3S. The topological polar surface area (TPSA) is 66.5 Å². The maximum Gasteiger partial charge on any atom is 0.227 e. The van der Waals surface area contributed by atoms with Crippen LogP contribution in [-0.4, -0.2) is 31.7 Å². The third-order valence-electron chi connectivity index (χ3n) is 4.86. The molecule has 1 fully saturated rings. The molecule has 1 N–H and O–H groups in total. The van der Waals surface area contributed by atoms with Gasteiger partial charge in [0, 0.05) is 34.7 Å². The van der Waals surface area contributed by atoms with Gasteiger partial charge in [-0.15, -0.1) is 0 Å². The molecule has 2 aromatic rings. The molecule has 2 aromatic carbocycles. The van der Waals surface area contributed by atoms with Gasteiger partial charge in [-0.05, 0) is 55.2 Å². The van der Waals surface area contributed by atoms with E-state index in [0.29, 0.717) is 41.5 Å². The molecule has 28 heavy (non-hydrogen) atoms. The molecule has 1 saturated heterocycles. The van der Waals surface area contributed by atoms with Crippen molar-refractivity contribution in [2.24, 2.45) is 5.92 Å². The number of rotatable bonds is 5. The van der Waals surface area contributed by atoms with E-state index in [1.54, 1.807) is 12.1 Å². The van der Waals surface area contributed by atoms with Crippen LogP contribution < -0.4 is 5.32 Å². The normalized spacial score (nSPS) is 16.1. The predicted octanol–water partition coefficient (Wildman–Crippen LogP) is 4.48. The van der Waals surface area contributed by atoms with Crippen LogP contribution in [0.2, 0.25) is 10.0 Å². The van der Waals surface area contributed by atoms with E-state index in [0.717, 1.165) is 11.3 Å². The number of nitrogens with one attached hydrogen (secondary N) is 1. The van der Waals surface area contributed by atoms with Crippen LogP contribution in [0.25, 0.3) is 0 Å². The molecule has 0 spiro atoms. The van der Waals surface area contributed by atoms with Crippen molar-refractivity contribution in [2.75, 3.05) is 18.4 Å². The maximum atomic E-state index is 12.7. The fourth-order valence-electron chi connectivity index (χ4n) is 3.29. The first kappa shape index (κ1) is 21.1. The summed E-state index contributed by atoms with van der Waals surface area (Å²) in [5.74, 6) is -0.446. The number of carbonyl (C=O) groups excluding carboxylic acids is 1. The van der Waals surface area contributed by atoms with Crippen LogP contribution in [0.3, 0.4) is 0 Å². The van der Waals surface area contributed by atoms with E-state index in [4.69, 9.17) is 23.2 Å². The van der Waals surface area contributed by atoms with E-state index in [2.05, 4.69) is 5.32 Å². The van der Waals surface area contributed by atoms with Gasteiger partial charge in [-0.25, -0.2) is 12.7 Å². The van der Waals surface area contributed by atoms with Gasteiger partial charge in [-0.2, -0.15) is 0 Å². The van der Waals surface area contributed by atoms with Crippen molar-refractivity contribution in [1.82, 2.24) is 4.31 Å². The number of nitrogens with zero attached hydrogens (tertiary/aromatic N) is 1. The summed E-state index contributed by atoms with van der Waals surface area (Å²) in [6, 6.07) is 12.4. The zero-order chi connectivity index (χ0) is 20.3.